The molecular formula is C19H21N3Na2O5S. The van der Waals surface area contributed by atoms with Crippen molar-refractivity contribution in [1.82, 2.24) is 15.2 Å². The largest absolute Gasteiger partial charge is 1.00 e. The minimum absolute atomic E-state index is 0. The predicted octanol–water partition coefficient (Wildman–Crippen LogP) is -5.99. The van der Waals surface area contributed by atoms with Crippen LogP contribution in [0.4, 0.5) is 0 Å². The molecule has 0 atom stereocenters. The molecule has 2 heterocycles. The van der Waals surface area contributed by atoms with Crippen LogP contribution >= 0.6 is 11.8 Å². The van der Waals surface area contributed by atoms with E-state index >= 15 is 0 Å². The van der Waals surface area contributed by atoms with Crippen LogP contribution in [0.25, 0.3) is 5.57 Å². The Morgan fingerprint density at radius 3 is 2.40 bits per heavy atom. The van der Waals surface area contributed by atoms with Crippen molar-refractivity contribution in [2.24, 2.45) is 0 Å². The Morgan fingerprint density at radius 2 is 1.80 bits per heavy atom. The quantitative estimate of drug-likeness (QED) is 0.184. The van der Waals surface area contributed by atoms with Gasteiger partial charge in [0.1, 0.15) is 5.69 Å². The number of aryl methyl sites for hydroxylation is 1. The van der Waals surface area contributed by atoms with E-state index in [4.69, 9.17) is 24.4 Å². The third-order valence-electron chi connectivity index (χ3n) is 3.96. The number of carbonyl (C=O) groups is 2. The molecule has 0 N–H and O–H groups in total. The van der Waals surface area contributed by atoms with Crippen molar-refractivity contribution in [2.45, 2.75) is 24.3 Å². The van der Waals surface area contributed by atoms with E-state index < -0.39 is 11.9 Å². The van der Waals surface area contributed by atoms with E-state index in [-0.39, 0.29) is 59.1 Å². The number of carboxylic acids is 2. The molecule has 1 aromatic heterocycles. The van der Waals surface area contributed by atoms with Crippen molar-refractivity contribution < 1.29 is 83.5 Å². The number of aromatic nitrogens is 2. The van der Waals surface area contributed by atoms with Gasteiger partial charge in [-0.25, -0.2) is 4.63 Å². The summed E-state index contributed by atoms with van der Waals surface area (Å²) in [6.45, 7) is 2.03. The smallest absolute Gasteiger partial charge is 0.543 e. The van der Waals surface area contributed by atoms with Crippen LogP contribution in [0.1, 0.15) is 24.1 Å². The molecule has 0 spiro atoms. The van der Waals surface area contributed by atoms with Gasteiger partial charge >= 0.3 is 59.1 Å². The van der Waals surface area contributed by atoms with Gasteiger partial charge in [-0.15, -0.1) is 11.8 Å². The Morgan fingerprint density at radius 1 is 1.13 bits per heavy atom. The van der Waals surface area contributed by atoms with E-state index in [0.29, 0.717) is 0 Å². The van der Waals surface area contributed by atoms with Gasteiger partial charge in [-0.3, -0.25) is 0 Å². The number of nitrogens with zero attached hydrogens (tertiary/aromatic N) is 3. The molecular weight excluding hydrogens is 428 g/mol. The van der Waals surface area contributed by atoms with Crippen LogP contribution in [-0.4, -0.2) is 53.0 Å². The van der Waals surface area contributed by atoms with E-state index in [2.05, 4.69) is 58.7 Å². The summed E-state index contributed by atoms with van der Waals surface area (Å²) >= 11 is 1.74. The number of hydrogen-bond acceptors (Lipinski definition) is 9. The molecule has 30 heavy (non-hydrogen) atoms. The maximum Gasteiger partial charge on any atom is 1.00 e. The SMILES string of the molecule is CN1CCC=C(c2nonc2SCCCc2ccccc2)C1.O=C([O-])C(=O)[O-].[Na+].[Na+]. The molecule has 0 amide bonds. The van der Waals surface area contributed by atoms with E-state index in [1.807, 2.05) is 0 Å². The number of benzene rings is 1. The second-order valence-corrected chi connectivity index (χ2v) is 7.27. The monoisotopic (exact) mass is 449 g/mol. The minimum Gasteiger partial charge on any atom is -0.543 e. The summed E-state index contributed by atoms with van der Waals surface area (Å²) in [6, 6.07) is 10.6. The van der Waals surface area contributed by atoms with Gasteiger partial charge in [0.25, 0.3) is 0 Å². The Bertz CT molecular complexity index is 806. The summed E-state index contributed by atoms with van der Waals surface area (Å²) < 4.78 is 4.97. The summed E-state index contributed by atoms with van der Waals surface area (Å²) in [4.78, 5) is 20.2. The number of hydrogen-bond donors (Lipinski definition) is 0. The van der Waals surface area contributed by atoms with Gasteiger partial charge in [0.15, 0.2) is 5.03 Å². The van der Waals surface area contributed by atoms with Gasteiger partial charge in [0.05, 0.1) is 11.9 Å². The Hall–Kier alpha value is -0.650. The summed E-state index contributed by atoms with van der Waals surface area (Å²) in [5.74, 6) is -3.34. The molecule has 1 aromatic carbocycles. The molecule has 1 aliphatic heterocycles. The van der Waals surface area contributed by atoms with E-state index in [9.17, 15) is 0 Å². The third kappa shape index (κ3) is 10.6. The first kappa shape index (κ1) is 29.4. The molecule has 0 aliphatic carbocycles. The molecule has 150 valence electrons. The molecule has 0 bridgehead atoms. The van der Waals surface area contributed by atoms with Crippen molar-refractivity contribution in [2.75, 3.05) is 25.9 Å². The second kappa shape index (κ2) is 16.0. The summed E-state index contributed by atoms with van der Waals surface area (Å²) in [6.07, 6.45) is 5.55. The molecule has 8 nitrogen and oxygen atoms in total. The van der Waals surface area contributed by atoms with Crippen molar-refractivity contribution in [3.05, 3.63) is 47.7 Å². The molecule has 0 saturated heterocycles. The normalized spacial score (nSPS) is 13.0. The zero-order valence-electron chi connectivity index (χ0n) is 17.5. The van der Waals surface area contributed by atoms with E-state index in [1.165, 1.54) is 11.1 Å². The number of aliphatic carboxylic acids is 2. The molecule has 0 saturated carbocycles. The maximum atomic E-state index is 8.93. The Balaban J connectivity index is 0.000000930. The molecule has 0 radical (unpaired) electrons. The molecule has 2 aromatic rings. The summed E-state index contributed by atoms with van der Waals surface area (Å²) in [7, 11) is 2.13. The number of carboxylic acid groups (broad SMARTS) is 2. The topological polar surface area (TPSA) is 122 Å². The Kier molecular flexibility index (Phi) is 15.7. The van der Waals surface area contributed by atoms with Crippen LogP contribution < -0.4 is 69.3 Å². The maximum absolute atomic E-state index is 8.93. The van der Waals surface area contributed by atoms with Gasteiger partial charge in [-0.1, -0.05) is 36.4 Å². The zero-order valence-corrected chi connectivity index (χ0v) is 22.3. The van der Waals surface area contributed by atoms with Gasteiger partial charge < -0.3 is 24.7 Å². The first-order valence-electron chi connectivity index (χ1n) is 8.77. The molecule has 3 rings (SSSR count). The summed E-state index contributed by atoms with van der Waals surface area (Å²) in [5.41, 5.74) is 3.55. The number of likely N-dealkylation sites (N-methyl/N-ethyl adjacent to an activating group) is 1. The average molecular weight is 449 g/mol. The predicted molar refractivity (Wildman–Crippen MR) is 99.9 cm³/mol. The Labute approximate surface area is 224 Å². The zero-order chi connectivity index (χ0) is 20.4. The van der Waals surface area contributed by atoms with Crippen LogP contribution in [0.15, 0.2) is 46.1 Å². The van der Waals surface area contributed by atoms with Gasteiger partial charge in [-0.2, -0.15) is 0 Å². The number of carbonyl (C=O) groups excluding carboxylic acids is 2. The molecule has 1 aliphatic rings. The minimum atomic E-state index is -2.19. The fraction of sp³-hybridized carbons (Fsp3) is 0.368. The number of rotatable bonds is 6. The van der Waals surface area contributed by atoms with Crippen LogP contribution in [0.3, 0.4) is 0 Å². The van der Waals surface area contributed by atoms with E-state index in [0.717, 1.165) is 48.8 Å². The standard InChI is InChI=1S/C17H21N3OS.C2H2O4.2Na/c1-20-11-5-10-15(13-20)16-17(19-21-18-16)22-12-6-9-14-7-3-2-4-8-14;3-1(4)2(5)6;;/h2-4,7-8,10H,5-6,9,11-13H2,1H3;(H,3,4)(H,5,6);;/q;;2*+1/p-2. The summed E-state index contributed by atoms with van der Waals surface area (Å²) in [5, 5.41) is 27.0. The van der Waals surface area contributed by atoms with E-state index in [1.54, 1.807) is 11.8 Å². The fourth-order valence-corrected chi connectivity index (χ4v) is 3.50. The molecule has 0 unspecified atom stereocenters. The van der Waals surface area contributed by atoms with Crippen molar-refractivity contribution in [3.63, 3.8) is 0 Å². The van der Waals surface area contributed by atoms with Gasteiger partial charge in [0.2, 0.25) is 0 Å². The van der Waals surface area contributed by atoms with Crippen molar-refractivity contribution >= 4 is 29.3 Å². The first-order valence-corrected chi connectivity index (χ1v) is 9.75. The third-order valence-corrected chi connectivity index (χ3v) is 5.00. The number of thioether (sulfide) groups is 1. The second-order valence-electron chi connectivity index (χ2n) is 6.19. The molecule has 0 fully saturated rings. The van der Waals surface area contributed by atoms with Crippen molar-refractivity contribution in [1.29, 1.82) is 0 Å². The van der Waals surface area contributed by atoms with Gasteiger partial charge in [-0.05, 0) is 47.8 Å². The van der Waals surface area contributed by atoms with Crippen LogP contribution in [0, 0.1) is 0 Å². The van der Waals surface area contributed by atoms with Crippen LogP contribution in [0.5, 0.6) is 0 Å². The van der Waals surface area contributed by atoms with Gasteiger partial charge in [0, 0.05) is 18.8 Å². The van der Waals surface area contributed by atoms with Crippen LogP contribution in [-0.2, 0) is 16.0 Å². The first-order chi connectivity index (χ1) is 13.5. The molecule has 11 heteroatoms. The van der Waals surface area contributed by atoms with Crippen molar-refractivity contribution in [3.8, 4) is 0 Å². The van der Waals surface area contributed by atoms with Crippen LogP contribution in [0.2, 0.25) is 0 Å². The fourth-order valence-electron chi connectivity index (χ4n) is 2.63. The average Bonchev–Trinajstić information content (AvgIpc) is 3.15.